The first-order valence-electron chi connectivity index (χ1n) is 7.64. The van der Waals surface area contributed by atoms with Crippen molar-refractivity contribution in [1.82, 2.24) is 15.1 Å². The summed E-state index contributed by atoms with van der Waals surface area (Å²) in [6.07, 6.45) is 0.674. The number of thiazole rings is 1. The molecular formula is C16H23N3O4S. The maximum atomic E-state index is 11.4. The van der Waals surface area contributed by atoms with Crippen molar-refractivity contribution in [3.05, 3.63) is 17.0 Å². The first-order chi connectivity index (χ1) is 11.1. The lowest BCUT2D eigenvalue weighted by molar-refractivity contribution is -0.148. The fourth-order valence-electron chi connectivity index (χ4n) is 1.99. The minimum Gasteiger partial charge on any atom is -0.481 e. The summed E-state index contributed by atoms with van der Waals surface area (Å²) in [5.41, 5.74) is -0.402. The van der Waals surface area contributed by atoms with Gasteiger partial charge in [0.25, 0.3) is 0 Å². The Bertz CT molecular complexity index is 720. The molecule has 0 saturated heterocycles. The molecule has 0 amide bonds. The summed E-state index contributed by atoms with van der Waals surface area (Å²) in [5.74, 6) is -0.646. The molecule has 2 heterocycles. The van der Waals surface area contributed by atoms with E-state index in [1.165, 1.54) is 11.3 Å². The molecule has 0 aliphatic rings. The van der Waals surface area contributed by atoms with Crippen LogP contribution in [0.3, 0.4) is 0 Å². The van der Waals surface area contributed by atoms with E-state index in [0.29, 0.717) is 23.1 Å². The van der Waals surface area contributed by atoms with Gasteiger partial charge in [-0.1, -0.05) is 12.1 Å². The summed E-state index contributed by atoms with van der Waals surface area (Å²) in [4.78, 5) is 20.2. The number of hydrogen-bond donors (Lipinski definition) is 1. The summed E-state index contributed by atoms with van der Waals surface area (Å²) in [5, 5.41) is 15.9. The molecule has 0 saturated carbocycles. The highest BCUT2D eigenvalue weighted by Gasteiger charge is 2.38. The Kier molecular flexibility index (Phi) is 5.10. The SMILES string of the molecule is COC(C)(C)Cc1csc(-c2noc(C(C)C(C)(C)C(=O)O)n2)n1. The van der Waals surface area contributed by atoms with Crippen LogP contribution in [0.25, 0.3) is 10.8 Å². The zero-order valence-electron chi connectivity index (χ0n) is 14.8. The molecule has 0 aliphatic carbocycles. The van der Waals surface area contributed by atoms with Crippen LogP contribution in [0.5, 0.6) is 0 Å². The van der Waals surface area contributed by atoms with Crippen LogP contribution in [0.15, 0.2) is 9.90 Å². The predicted molar refractivity (Wildman–Crippen MR) is 90.0 cm³/mol. The number of rotatable bonds is 7. The van der Waals surface area contributed by atoms with Gasteiger partial charge in [0.05, 0.1) is 22.6 Å². The van der Waals surface area contributed by atoms with E-state index in [1.54, 1.807) is 27.9 Å². The van der Waals surface area contributed by atoms with E-state index in [4.69, 9.17) is 9.26 Å². The molecule has 0 spiro atoms. The second-order valence-electron chi connectivity index (χ2n) is 6.99. The van der Waals surface area contributed by atoms with Crippen molar-refractivity contribution in [3.8, 4) is 10.8 Å². The first-order valence-corrected chi connectivity index (χ1v) is 8.51. The Morgan fingerprint density at radius 2 is 2.04 bits per heavy atom. The standard InChI is InChI=1S/C16H23N3O4S/c1-9(16(4,5)14(20)21)12-18-11(19-23-12)13-17-10(8-24-13)7-15(2,3)22-6/h8-9H,7H2,1-6H3,(H,20,21). The molecule has 2 rings (SSSR count). The third-order valence-corrected chi connectivity index (χ3v) is 5.24. The minimum atomic E-state index is -1.000. The van der Waals surface area contributed by atoms with E-state index in [2.05, 4.69) is 15.1 Å². The molecule has 1 N–H and O–H groups in total. The lowest BCUT2D eigenvalue weighted by atomic mass is 9.80. The van der Waals surface area contributed by atoms with E-state index >= 15 is 0 Å². The van der Waals surface area contributed by atoms with E-state index in [1.807, 2.05) is 19.2 Å². The van der Waals surface area contributed by atoms with Crippen molar-refractivity contribution in [3.63, 3.8) is 0 Å². The number of aromatic nitrogens is 3. The molecule has 2 aromatic heterocycles. The van der Waals surface area contributed by atoms with Gasteiger partial charge in [-0.15, -0.1) is 11.3 Å². The van der Waals surface area contributed by atoms with Gasteiger partial charge in [-0.25, -0.2) is 4.98 Å². The van der Waals surface area contributed by atoms with Gasteiger partial charge >= 0.3 is 5.97 Å². The number of ether oxygens (including phenoxy) is 1. The van der Waals surface area contributed by atoms with Crippen molar-refractivity contribution >= 4 is 17.3 Å². The second-order valence-corrected chi connectivity index (χ2v) is 7.85. The lowest BCUT2D eigenvalue weighted by Crippen LogP contribution is -2.29. The molecular weight excluding hydrogens is 330 g/mol. The quantitative estimate of drug-likeness (QED) is 0.814. The first kappa shape index (κ1) is 18.5. The largest absolute Gasteiger partial charge is 0.481 e. The van der Waals surface area contributed by atoms with E-state index in [9.17, 15) is 9.90 Å². The summed E-state index contributed by atoms with van der Waals surface area (Å²) >= 11 is 1.42. The van der Waals surface area contributed by atoms with Crippen LogP contribution in [0, 0.1) is 5.41 Å². The number of aliphatic carboxylic acids is 1. The summed E-state index contributed by atoms with van der Waals surface area (Å²) in [6.45, 7) is 9.03. The molecule has 0 aromatic carbocycles. The van der Waals surface area contributed by atoms with Gasteiger partial charge in [0.15, 0.2) is 5.01 Å². The van der Waals surface area contributed by atoms with Gasteiger partial charge in [0.2, 0.25) is 11.7 Å². The van der Waals surface area contributed by atoms with Gasteiger partial charge in [0.1, 0.15) is 0 Å². The highest BCUT2D eigenvalue weighted by molar-refractivity contribution is 7.13. The molecule has 0 aliphatic heterocycles. The second kappa shape index (κ2) is 6.60. The molecule has 0 fully saturated rings. The number of carboxylic acid groups (broad SMARTS) is 1. The molecule has 7 nitrogen and oxygen atoms in total. The molecule has 2 aromatic rings. The third-order valence-electron chi connectivity index (χ3n) is 4.35. The normalized spacial score (nSPS) is 13.9. The van der Waals surface area contributed by atoms with Crippen LogP contribution in [0.4, 0.5) is 0 Å². The fourth-order valence-corrected chi connectivity index (χ4v) is 2.73. The molecule has 1 atom stereocenters. The van der Waals surface area contributed by atoms with E-state index in [-0.39, 0.29) is 5.60 Å². The van der Waals surface area contributed by atoms with Gasteiger partial charge in [-0.3, -0.25) is 4.79 Å². The van der Waals surface area contributed by atoms with Crippen molar-refractivity contribution in [2.24, 2.45) is 5.41 Å². The van der Waals surface area contributed by atoms with Crippen LogP contribution >= 0.6 is 11.3 Å². The fraction of sp³-hybridized carbons (Fsp3) is 0.625. The molecule has 132 valence electrons. The average molecular weight is 353 g/mol. The minimum absolute atomic E-state index is 0.298. The Morgan fingerprint density at radius 1 is 1.38 bits per heavy atom. The number of hydrogen-bond acceptors (Lipinski definition) is 7. The van der Waals surface area contributed by atoms with Crippen molar-refractivity contribution < 1.29 is 19.2 Å². The van der Waals surface area contributed by atoms with Crippen LogP contribution in [0.1, 0.15) is 52.1 Å². The number of nitrogens with zero attached hydrogens (tertiary/aromatic N) is 3. The van der Waals surface area contributed by atoms with Gasteiger partial charge in [-0.2, -0.15) is 4.98 Å². The number of carboxylic acids is 1. The Hall–Kier alpha value is -1.80. The highest BCUT2D eigenvalue weighted by atomic mass is 32.1. The monoisotopic (exact) mass is 353 g/mol. The van der Waals surface area contributed by atoms with E-state index in [0.717, 1.165) is 5.69 Å². The number of carbonyl (C=O) groups is 1. The van der Waals surface area contributed by atoms with Crippen molar-refractivity contribution in [2.45, 2.75) is 52.6 Å². The van der Waals surface area contributed by atoms with Crippen LogP contribution in [0.2, 0.25) is 0 Å². The Balaban J connectivity index is 2.20. The maximum Gasteiger partial charge on any atom is 0.309 e. The smallest absolute Gasteiger partial charge is 0.309 e. The zero-order chi connectivity index (χ0) is 18.1. The highest BCUT2D eigenvalue weighted by Crippen LogP contribution is 2.35. The Labute approximate surface area is 145 Å². The van der Waals surface area contributed by atoms with Crippen molar-refractivity contribution in [2.75, 3.05) is 7.11 Å². The maximum absolute atomic E-state index is 11.4. The third kappa shape index (κ3) is 3.81. The Morgan fingerprint density at radius 3 is 2.62 bits per heavy atom. The average Bonchev–Trinajstić information content (AvgIpc) is 3.14. The molecule has 0 radical (unpaired) electrons. The summed E-state index contributed by atoms with van der Waals surface area (Å²) in [7, 11) is 1.67. The van der Waals surface area contributed by atoms with Crippen LogP contribution in [-0.4, -0.2) is 38.9 Å². The molecule has 24 heavy (non-hydrogen) atoms. The van der Waals surface area contributed by atoms with E-state index < -0.39 is 17.3 Å². The van der Waals surface area contributed by atoms with Gasteiger partial charge < -0.3 is 14.4 Å². The molecule has 8 heteroatoms. The van der Waals surface area contributed by atoms with Crippen LogP contribution < -0.4 is 0 Å². The van der Waals surface area contributed by atoms with Crippen LogP contribution in [-0.2, 0) is 16.0 Å². The van der Waals surface area contributed by atoms with Gasteiger partial charge in [0, 0.05) is 18.9 Å². The number of methoxy groups -OCH3 is 1. The zero-order valence-corrected chi connectivity index (χ0v) is 15.6. The molecule has 1 unspecified atom stereocenters. The van der Waals surface area contributed by atoms with Gasteiger partial charge in [-0.05, 0) is 27.7 Å². The molecule has 0 bridgehead atoms. The summed E-state index contributed by atoms with van der Waals surface area (Å²) in [6, 6.07) is 0. The predicted octanol–water partition coefficient (Wildman–Crippen LogP) is 3.37. The van der Waals surface area contributed by atoms with Crippen molar-refractivity contribution in [1.29, 1.82) is 0 Å². The topological polar surface area (TPSA) is 98.3 Å². The summed E-state index contributed by atoms with van der Waals surface area (Å²) < 4.78 is 10.7. The lowest BCUT2D eigenvalue weighted by Gasteiger charge is -2.23.